The van der Waals surface area contributed by atoms with Gasteiger partial charge >= 0.3 is 0 Å². The second-order valence-electron chi connectivity index (χ2n) is 4.68. The number of nitrogens with one attached hydrogen (secondary N) is 1. The molecule has 0 saturated carbocycles. The number of hydrogen-bond donors (Lipinski definition) is 1. The molecule has 2 aromatic rings. The second kappa shape index (κ2) is 5.54. The van der Waals surface area contributed by atoms with Crippen molar-refractivity contribution >= 4 is 0 Å². The molecule has 0 heterocycles. The van der Waals surface area contributed by atoms with Gasteiger partial charge in [0, 0.05) is 5.70 Å². The van der Waals surface area contributed by atoms with Crippen LogP contribution in [-0.4, -0.2) is 0 Å². The second-order valence-corrected chi connectivity index (χ2v) is 4.68. The highest BCUT2D eigenvalue weighted by Crippen LogP contribution is 2.23. The summed E-state index contributed by atoms with van der Waals surface area (Å²) in [5.74, 6) is 0. The third-order valence-corrected chi connectivity index (χ3v) is 2.93. The van der Waals surface area contributed by atoms with Gasteiger partial charge in [0.15, 0.2) is 0 Å². The Labute approximate surface area is 109 Å². The summed E-state index contributed by atoms with van der Waals surface area (Å²) in [4.78, 5) is 0. The summed E-state index contributed by atoms with van der Waals surface area (Å²) >= 11 is 0. The molecule has 0 fully saturated rings. The first-order valence-electron chi connectivity index (χ1n) is 6.20. The van der Waals surface area contributed by atoms with E-state index in [2.05, 4.69) is 67.4 Å². The molecule has 1 heteroatoms. The van der Waals surface area contributed by atoms with Gasteiger partial charge in [-0.25, -0.2) is 0 Å². The minimum absolute atomic E-state index is 0.171. The summed E-state index contributed by atoms with van der Waals surface area (Å²) in [6, 6.07) is 19.2. The van der Waals surface area contributed by atoms with Crippen LogP contribution in [0.4, 0.5) is 0 Å². The molecule has 0 spiro atoms. The van der Waals surface area contributed by atoms with E-state index in [0.29, 0.717) is 0 Å². The zero-order chi connectivity index (χ0) is 13.0. The van der Waals surface area contributed by atoms with E-state index < -0.39 is 0 Å². The van der Waals surface area contributed by atoms with E-state index in [0.717, 1.165) is 5.70 Å². The Kier molecular flexibility index (Phi) is 3.83. The van der Waals surface area contributed by atoms with E-state index in [1.165, 1.54) is 16.7 Å². The van der Waals surface area contributed by atoms with Crippen molar-refractivity contribution in [2.24, 2.45) is 0 Å². The zero-order valence-electron chi connectivity index (χ0n) is 11.0. The van der Waals surface area contributed by atoms with Crippen molar-refractivity contribution in [2.45, 2.75) is 19.9 Å². The Morgan fingerprint density at radius 3 is 2.06 bits per heavy atom. The van der Waals surface area contributed by atoms with Crippen molar-refractivity contribution in [3.8, 4) is 0 Å². The van der Waals surface area contributed by atoms with Crippen LogP contribution in [0.25, 0.3) is 0 Å². The highest BCUT2D eigenvalue weighted by atomic mass is 14.9. The van der Waals surface area contributed by atoms with E-state index in [1.807, 2.05) is 13.0 Å². The zero-order valence-corrected chi connectivity index (χ0v) is 11.0. The van der Waals surface area contributed by atoms with Gasteiger partial charge in [-0.05, 0) is 25.0 Å². The summed E-state index contributed by atoms with van der Waals surface area (Å²) in [6.45, 7) is 8.05. The van der Waals surface area contributed by atoms with Crippen molar-refractivity contribution in [1.82, 2.24) is 5.32 Å². The lowest BCUT2D eigenvalue weighted by Gasteiger charge is -2.21. The standard InChI is InChI=1S/C17H19N/c1-13(2)18-17(15-7-5-4-6-8-15)16-11-9-14(3)10-12-16/h4-12,17-18H,1H2,2-3H3. The normalized spacial score (nSPS) is 11.9. The number of hydrogen-bond acceptors (Lipinski definition) is 1. The molecule has 1 unspecified atom stereocenters. The first kappa shape index (κ1) is 12.4. The summed E-state index contributed by atoms with van der Waals surface area (Å²) in [7, 11) is 0. The van der Waals surface area contributed by atoms with Gasteiger partial charge in [0.2, 0.25) is 0 Å². The summed E-state index contributed by atoms with van der Waals surface area (Å²) in [5.41, 5.74) is 4.77. The van der Waals surface area contributed by atoms with Crippen molar-refractivity contribution in [3.63, 3.8) is 0 Å². The predicted octanol–water partition coefficient (Wildman–Crippen LogP) is 4.21. The van der Waals surface area contributed by atoms with E-state index in [1.54, 1.807) is 0 Å². The minimum atomic E-state index is 0.171. The molecule has 1 N–H and O–H groups in total. The van der Waals surface area contributed by atoms with Crippen molar-refractivity contribution in [2.75, 3.05) is 0 Å². The molecule has 0 bridgehead atoms. The Hall–Kier alpha value is -2.02. The van der Waals surface area contributed by atoms with Gasteiger partial charge in [0.05, 0.1) is 6.04 Å². The molecule has 0 radical (unpaired) electrons. The monoisotopic (exact) mass is 237 g/mol. The minimum Gasteiger partial charge on any atom is -0.378 e. The fraction of sp³-hybridized carbons (Fsp3) is 0.176. The van der Waals surface area contributed by atoms with Crippen LogP contribution < -0.4 is 5.32 Å². The van der Waals surface area contributed by atoms with Gasteiger partial charge in [-0.15, -0.1) is 0 Å². The smallest absolute Gasteiger partial charge is 0.0764 e. The molecular formula is C17H19N. The van der Waals surface area contributed by atoms with Gasteiger partial charge < -0.3 is 5.32 Å². The number of benzene rings is 2. The molecule has 92 valence electrons. The van der Waals surface area contributed by atoms with Gasteiger partial charge in [-0.2, -0.15) is 0 Å². The Morgan fingerprint density at radius 2 is 1.50 bits per heavy atom. The Bertz CT molecular complexity index is 511. The Morgan fingerprint density at radius 1 is 0.944 bits per heavy atom. The van der Waals surface area contributed by atoms with Crippen LogP contribution in [0.5, 0.6) is 0 Å². The molecule has 2 aromatic carbocycles. The van der Waals surface area contributed by atoms with Crippen LogP contribution in [0.2, 0.25) is 0 Å². The predicted molar refractivity (Wildman–Crippen MR) is 77.4 cm³/mol. The molecule has 0 aliphatic rings. The molecule has 1 nitrogen and oxygen atoms in total. The largest absolute Gasteiger partial charge is 0.378 e. The van der Waals surface area contributed by atoms with Crippen molar-refractivity contribution < 1.29 is 0 Å². The first-order valence-corrected chi connectivity index (χ1v) is 6.20. The lowest BCUT2D eigenvalue weighted by atomic mass is 9.97. The lowest BCUT2D eigenvalue weighted by molar-refractivity contribution is 0.694. The number of rotatable bonds is 4. The summed E-state index contributed by atoms with van der Waals surface area (Å²) in [5, 5.41) is 3.44. The van der Waals surface area contributed by atoms with E-state index in [-0.39, 0.29) is 6.04 Å². The average molecular weight is 237 g/mol. The maximum absolute atomic E-state index is 3.95. The third kappa shape index (κ3) is 3.01. The van der Waals surface area contributed by atoms with Crippen LogP contribution in [0.1, 0.15) is 29.7 Å². The highest BCUT2D eigenvalue weighted by Gasteiger charge is 2.12. The molecular weight excluding hydrogens is 218 g/mol. The third-order valence-electron chi connectivity index (χ3n) is 2.93. The summed E-state index contributed by atoms with van der Waals surface area (Å²) < 4.78 is 0. The highest BCUT2D eigenvalue weighted by molar-refractivity contribution is 5.34. The number of aryl methyl sites for hydroxylation is 1. The quantitative estimate of drug-likeness (QED) is 0.840. The van der Waals surface area contributed by atoms with E-state index in [9.17, 15) is 0 Å². The fourth-order valence-corrected chi connectivity index (χ4v) is 2.01. The molecule has 18 heavy (non-hydrogen) atoms. The van der Waals surface area contributed by atoms with E-state index >= 15 is 0 Å². The van der Waals surface area contributed by atoms with Crippen molar-refractivity contribution in [1.29, 1.82) is 0 Å². The lowest BCUT2D eigenvalue weighted by Crippen LogP contribution is -2.20. The maximum atomic E-state index is 3.95. The van der Waals surface area contributed by atoms with Gasteiger partial charge in [-0.3, -0.25) is 0 Å². The molecule has 2 rings (SSSR count). The first-order chi connectivity index (χ1) is 8.66. The average Bonchev–Trinajstić information content (AvgIpc) is 2.38. The van der Waals surface area contributed by atoms with Gasteiger partial charge in [0.25, 0.3) is 0 Å². The van der Waals surface area contributed by atoms with E-state index in [4.69, 9.17) is 0 Å². The van der Waals surface area contributed by atoms with Crippen LogP contribution in [0, 0.1) is 6.92 Å². The molecule has 0 aliphatic heterocycles. The Balaban J connectivity index is 2.36. The SMILES string of the molecule is C=C(C)NC(c1ccccc1)c1ccc(C)cc1. The molecule has 0 saturated heterocycles. The van der Waals surface area contributed by atoms with Crippen LogP contribution in [0.3, 0.4) is 0 Å². The molecule has 0 aliphatic carbocycles. The van der Waals surface area contributed by atoms with Crippen LogP contribution in [-0.2, 0) is 0 Å². The van der Waals surface area contributed by atoms with Crippen molar-refractivity contribution in [3.05, 3.63) is 83.6 Å². The van der Waals surface area contributed by atoms with Crippen LogP contribution >= 0.6 is 0 Å². The van der Waals surface area contributed by atoms with Crippen LogP contribution in [0.15, 0.2) is 66.9 Å². The fourth-order valence-electron chi connectivity index (χ4n) is 2.01. The number of allylic oxidation sites excluding steroid dienone is 1. The molecule has 0 aromatic heterocycles. The van der Waals surface area contributed by atoms with Gasteiger partial charge in [0.1, 0.15) is 0 Å². The summed E-state index contributed by atoms with van der Waals surface area (Å²) in [6.07, 6.45) is 0. The molecule has 0 amide bonds. The topological polar surface area (TPSA) is 12.0 Å². The van der Waals surface area contributed by atoms with Gasteiger partial charge in [-0.1, -0.05) is 66.7 Å². The molecule has 1 atom stereocenters. The maximum Gasteiger partial charge on any atom is 0.0764 e.